The number of nitrogens with two attached hydrogens (primary N) is 1. The third-order valence-electron chi connectivity index (χ3n) is 2.82. The molecule has 4 heteroatoms. The van der Waals surface area contributed by atoms with Gasteiger partial charge in [-0.25, -0.2) is 0 Å². The summed E-state index contributed by atoms with van der Waals surface area (Å²) in [4.78, 5) is 0. The predicted octanol–water partition coefficient (Wildman–Crippen LogP) is 3.56. The van der Waals surface area contributed by atoms with E-state index in [9.17, 15) is 0 Å². The number of rotatable bonds is 4. The second-order valence-corrected chi connectivity index (χ2v) is 5.13. The first-order valence-corrected chi connectivity index (χ1v) is 6.76. The third-order valence-corrected chi connectivity index (χ3v) is 3.35. The van der Waals surface area contributed by atoms with E-state index in [2.05, 4.69) is 39.4 Å². The molecule has 0 fully saturated rings. The summed E-state index contributed by atoms with van der Waals surface area (Å²) in [5.41, 5.74) is 9.20. The Labute approximate surface area is 121 Å². The molecule has 0 aliphatic heterocycles. The monoisotopic (exact) mass is 315 g/mol. The molecule has 0 saturated heterocycles. The molecule has 0 amide bonds. The largest absolute Gasteiger partial charge is 0.397 e. The van der Waals surface area contributed by atoms with Gasteiger partial charge in [0.1, 0.15) is 0 Å². The number of nitrogens with one attached hydrogen (secondary N) is 1. The SMILES string of the molecule is N#Cc1ccc(NCCc2ccc(Br)cc2)c(N)c1. The summed E-state index contributed by atoms with van der Waals surface area (Å²) >= 11 is 3.41. The summed E-state index contributed by atoms with van der Waals surface area (Å²) < 4.78 is 1.08. The summed E-state index contributed by atoms with van der Waals surface area (Å²) in [6.07, 6.45) is 0.923. The molecule has 0 aliphatic rings. The fourth-order valence-electron chi connectivity index (χ4n) is 1.79. The van der Waals surface area contributed by atoms with Gasteiger partial charge in [-0.2, -0.15) is 5.26 Å². The Morgan fingerprint density at radius 3 is 2.53 bits per heavy atom. The van der Waals surface area contributed by atoms with Crippen LogP contribution < -0.4 is 11.1 Å². The number of benzene rings is 2. The van der Waals surface area contributed by atoms with Crippen LogP contribution in [0.25, 0.3) is 0 Å². The van der Waals surface area contributed by atoms with Crippen molar-refractivity contribution in [1.82, 2.24) is 0 Å². The molecule has 0 bridgehead atoms. The number of halogens is 1. The molecule has 0 unspecified atom stereocenters. The van der Waals surface area contributed by atoms with Gasteiger partial charge in [-0.05, 0) is 42.3 Å². The number of hydrogen-bond donors (Lipinski definition) is 2. The molecule has 0 heterocycles. The minimum Gasteiger partial charge on any atom is -0.397 e. The van der Waals surface area contributed by atoms with E-state index < -0.39 is 0 Å². The zero-order chi connectivity index (χ0) is 13.7. The van der Waals surface area contributed by atoms with E-state index in [-0.39, 0.29) is 0 Å². The maximum atomic E-state index is 8.77. The van der Waals surface area contributed by atoms with Crippen LogP contribution >= 0.6 is 15.9 Å². The lowest BCUT2D eigenvalue weighted by atomic mass is 10.1. The lowest BCUT2D eigenvalue weighted by molar-refractivity contribution is 1.02. The van der Waals surface area contributed by atoms with Gasteiger partial charge in [-0.1, -0.05) is 28.1 Å². The first-order chi connectivity index (χ1) is 9.19. The van der Waals surface area contributed by atoms with E-state index in [0.29, 0.717) is 11.3 Å². The molecule has 96 valence electrons. The van der Waals surface area contributed by atoms with Crippen molar-refractivity contribution in [1.29, 1.82) is 5.26 Å². The summed E-state index contributed by atoms with van der Waals surface area (Å²) in [6, 6.07) is 15.6. The third kappa shape index (κ3) is 3.73. The van der Waals surface area contributed by atoms with Crippen molar-refractivity contribution in [2.75, 3.05) is 17.6 Å². The fourth-order valence-corrected chi connectivity index (χ4v) is 2.05. The summed E-state index contributed by atoms with van der Waals surface area (Å²) in [7, 11) is 0. The molecule has 2 aromatic carbocycles. The van der Waals surface area contributed by atoms with Crippen molar-refractivity contribution in [3.63, 3.8) is 0 Å². The maximum Gasteiger partial charge on any atom is 0.0992 e. The molecule has 0 saturated carbocycles. The number of hydrogen-bond acceptors (Lipinski definition) is 3. The summed E-state index contributed by atoms with van der Waals surface area (Å²) in [5.74, 6) is 0. The van der Waals surface area contributed by atoms with Crippen molar-refractivity contribution in [2.24, 2.45) is 0 Å². The normalized spacial score (nSPS) is 9.89. The smallest absolute Gasteiger partial charge is 0.0992 e. The quantitative estimate of drug-likeness (QED) is 0.848. The van der Waals surface area contributed by atoms with Crippen molar-refractivity contribution in [3.8, 4) is 6.07 Å². The Morgan fingerprint density at radius 2 is 1.89 bits per heavy atom. The highest BCUT2D eigenvalue weighted by molar-refractivity contribution is 9.10. The highest BCUT2D eigenvalue weighted by Crippen LogP contribution is 2.19. The number of nitrogens with zero attached hydrogens (tertiary/aromatic N) is 1. The Bertz CT molecular complexity index is 600. The van der Waals surface area contributed by atoms with Gasteiger partial charge >= 0.3 is 0 Å². The van der Waals surface area contributed by atoms with Gasteiger partial charge in [0, 0.05) is 11.0 Å². The summed E-state index contributed by atoms with van der Waals surface area (Å²) in [6.45, 7) is 0.803. The molecular weight excluding hydrogens is 302 g/mol. The molecule has 3 N–H and O–H groups in total. The molecule has 2 rings (SSSR count). The van der Waals surface area contributed by atoms with E-state index in [1.54, 1.807) is 12.1 Å². The number of nitriles is 1. The van der Waals surface area contributed by atoms with Crippen LogP contribution in [-0.4, -0.2) is 6.54 Å². The van der Waals surface area contributed by atoms with Crippen molar-refractivity contribution < 1.29 is 0 Å². The molecule has 0 aromatic heterocycles. The number of anilines is 2. The average molecular weight is 316 g/mol. The zero-order valence-corrected chi connectivity index (χ0v) is 11.9. The van der Waals surface area contributed by atoms with E-state index in [1.807, 2.05) is 18.2 Å². The average Bonchev–Trinajstić information content (AvgIpc) is 2.42. The Hall–Kier alpha value is -1.99. The summed E-state index contributed by atoms with van der Waals surface area (Å²) in [5, 5.41) is 12.1. The standard InChI is InChI=1S/C15H14BrN3/c16-13-4-1-11(2-5-13)7-8-19-15-6-3-12(10-17)9-14(15)18/h1-6,9,19H,7-8,18H2. The van der Waals surface area contributed by atoms with E-state index >= 15 is 0 Å². The van der Waals surface area contributed by atoms with Crippen LogP contribution in [0.15, 0.2) is 46.9 Å². The fraction of sp³-hybridized carbons (Fsp3) is 0.133. The molecule has 0 radical (unpaired) electrons. The van der Waals surface area contributed by atoms with Gasteiger partial charge in [-0.3, -0.25) is 0 Å². The van der Waals surface area contributed by atoms with Gasteiger partial charge in [-0.15, -0.1) is 0 Å². The molecular formula is C15H14BrN3. The van der Waals surface area contributed by atoms with Crippen molar-refractivity contribution >= 4 is 27.3 Å². The predicted molar refractivity (Wildman–Crippen MR) is 81.9 cm³/mol. The maximum absolute atomic E-state index is 8.77. The van der Waals surface area contributed by atoms with Crippen LogP contribution in [0.3, 0.4) is 0 Å². The zero-order valence-electron chi connectivity index (χ0n) is 10.4. The lowest BCUT2D eigenvalue weighted by Gasteiger charge is -2.09. The molecule has 3 nitrogen and oxygen atoms in total. The van der Waals surface area contributed by atoms with Crippen LogP contribution in [0.1, 0.15) is 11.1 Å². The minimum absolute atomic E-state index is 0.580. The Balaban J connectivity index is 1.92. The van der Waals surface area contributed by atoms with Crippen molar-refractivity contribution in [3.05, 3.63) is 58.1 Å². The van der Waals surface area contributed by atoms with Gasteiger partial charge in [0.25, 0.3) is 0 Å². The van der Waals surface area contributed by atoms with Gasteiger partial charge in [0.05, 0.1) is 23.0 Å². The van der Waals surface area contributed by atoms with Gasteiger partial charge < -0.3 is 11.1 Å². The van der Waals surface area contributed by atoms with Crippen molar-refractivity contribution in [2.45, 2.75) is 6.42 Å². The van der Waals surface area contributed by atoms with Crippen LogP contribution in [0.5, 0.6) is 0 Å². The first-order valence-electron chi connectivity index (χ1n) is 5.97. The minimum atomic E-state index is 0.580. The van der Waals surface area contributed by atoms with Crippen LogP contribution in [0.2, 0.25) is 0 Å². The molecule has 0 atom stereocenters. The molecule has 2 aromatic rings. The topological polar surface area (TPSA) is 61.8 Å². The van der Waals surface area contributed by atoms with Crippen LogP contribution in [0, 0.1) is 11.3 Å². The van der Waals surface area contributed by atoms with E-state index in [1.165, 1.54) is 5.56 Å². The Morgan fingerprint density at radius 1 is 1.16 bits per heavy atom. The van der Waals surface area contributed by atoms with E-state index in [4.69, 9.17) is 11.0 Å². The lowest BCUT2D eigenvalue weighted by Crippen LogP contribution is -2.07. The van der Waals surface area contributed by atoms with Crippen LogP contribution in [0.4, 0.5) is 11.4 Å². The molecule has 0 aliphatic carbocycles. The van der Waals surface area contributed by atoms with Gasteiger partial charge in [0.15, 0.2) is 0 Å². The second kappa shape index (κ2) is 6.26. The first kappa shape index (κ1) is 13.4. The molecule has 19 heavy (non-hydrogen) atoms. The molecule has 0 spiro atoms. The highest BCUT2D eigenvalue weighted by atomic mass is 79.9. The highest BCUT2D eigenvalue weighted by Gasteiger charge is 2.00. The Kier molecular flexibility index (Phi) is 4.43. The van der Waals surface area contributed by atoms with Crippen LogP contribution in [-0.2, 0) is 6.42 Å². The van der Waals surface area contributed by atoms with Gasteiger partial charge in [0.2, 0.25) is 0 Å². The van der Waals surface area contributed by atoms with E-state index in [0.717, 1.165) is 23.1 Å². The second-order valence-electron chi connectivity index (χ2n) is 4.22. The number of nitrogen functional groups attached to an aromatic ring is 1.